The summed E-state index contributed by atoms with van der Waals surface area (Å²) in [6.45, 7) is 7.89. The van der Waals surface area contributed by atoms with Gasteiger partial charge in [0.05, 0.1) is 19.4 Å². The molecule has 0 radical (unpaired) electrons. The average Bonchev–Trinajstić information content (AvgIpc) is 2.90. The summed E-state index contributed by atoms with van der Waals surface area (Å²) in [6, 6.07) is 0. The molecule has 0 saturated carbocycles. The van der Waals surface area contributed by atoms with Crippen LogP contribution in [0.25, 0.3) is 0 Å². The van der Waals surface area contributed by atoms with Gasteiger partial charge >= 0.3 is 7.60 Å². The van der Waals surface area contributed by atoms with E-state index >= 15 is 0 Å². The van der Waals surface area contributed by atoms with Crippen LogP contribution in [0.3, 0.4) is 0 Å². The summed E-state index contributed by atoms with van der Waals surface area (Å²) in [4.78, 5) is 0. The number of unbranched alkanes of at least 4 members (excludes halogenated alkanes) is 15. The van der Waals surface area contributed by atoms with Crippen LogP contribution in [0.2, 0.25) is 0 Å². The zero-order valence-corrected chi connectivity index (χ0v) is 28.3. The Hall–Kier alpha value is 1.20. The maximum Gasteiger partial charge on any atom is 0.331 e. The van der Waals surface area contributed by atoms with Crippen molar-refractivity contribution in [2.45, 2.75) is 136 Å². The quantitative estimate of drug-likeness (QED) is 0.0566. The molecule has 0 fully saturated rings. The van der Waals surface area contributed by atoms with Gasteiger partial charge in [-0.2, -0.15) is 35.3 Å². The van der Waals surface area contributed by atoms with E-state index in [0.717, 1.165) is 23.0 Å². The lowest BCUT2D eigenvalue weighted by Crippen LogP contribution is -2.07. The largest absolute Gasteiger partial charge is 0.331 e. The lowest BCUT2D eigenvalue weighted by Gasteiger charge is -2.18. The minimum atomic E-state index is -2.99. The highest BCUT2D eigenvalue weighted by Gasteiger charge is 2.24. The van der Waals surface area contributed by atoms with Crippen molar-refractivity contribution < 1.29 is 13.6 Å². The number of hydrogen-bond acceptors (Lipinski definition) is 6. The molecule has 0 saturated heterocycles. The second-order valence-electron chi connectivity index (χ2n) is 10.1. The lowest BCUT2D eigenvalue weighted by atomic mass is 10.1. The molecule has 0 amide bonds. The molecular formula is C30H63O3PS3. The first kappa shape index (κ1) is 38.2. The van der Waals surface area contributed by atoms with Crippen molar-refractivity contribution in [3.8, 4) is 0 Å². The molecule has 224 valence electrons. The molecule has 3 nitrogen and oxygen atoms in total. The molecule has 0 aliphatic heterocycles. The van der Waals surface area contributed by atoms with E-state index < -0.39 is 7.60 Å². The molecular weight excluding hydrogens is 536 g/mol. The summed E-state index contributed by atoms with van der Waals surface area (Å²) in [7, 11) is -2.99. The van der Waals surface area contributed by atoms with E-state index in [1.165, 1.54) is 127 Å². The molecule has 0 aromatic carbocycles. The highest BCUT2D eigenvalue weighted by molar-refractivity contribution is 7.99. The normalized spacial score (nSPS) is 12.0. The van der Waals surface area contributed by atoms with E-state index in [1.54, 1.807) is 0 Å². The van der Waals surface area contributed by atoms with E-state index in [2.05, 4.69) is 20.8 Å². The second-order valence-corrected chi connectivity index (χ2v) is 16.0. The molecule has 0 atom stereocenters. The van der Waals surface area contributed by atoms with Crippen LogP contribution in [0.1, 0.15) is 136 Å². The molecule has 0 aromatic heterocycles. The van der Waals surface area contributed by atoms with E-state index in [1.807, 2.05) is 35.3 Å². The molecule has 0 aliphatic rings. The lowest BCUT2D eigenvalue weighted by molar-refractivity contribution is 0.224. The van der Waals surface area contributed by atoms with Crippen molar-refractivity contribution in [2.75, 3.05) is 53.9 Å². The molecule has 7 heteroatoms. The zero-order valence-electron chi connectivity index (χ0n) is 25.0. The van der Waals surface area contributed by atoms with Crippen molar-refractivity contribution in [3.63, 3.8) is 0 Å². The van der Waals surface area contributed by atoms with Crippen molar-refractivity contribution in [1.82, 2.24) is 0 Å². The number of thioether (sulfide) groups is 3. The van der Waals surface area contributed by atoms with Crippen LogP contribution in [0, 0.1) is 0 Å². The summed E-state index contributed by atoms with van der Waals surface area (Å²) in [6.07, 6.45) is 24.6. The summed E-state index contributed by atoms with van der Waals surface area (Å²) >= 11 is 5.79. The first-order valence-corrected chi connectivity index (χ1v) is 21.0. The minimum absolute atomic E-state index is 0.546. The van der Waals surface area contributed by atoms with Gasteiger partial charge in [-0.05, 0) is 36.5 Å². The summed E-state index contributed by atoms with van der Waals surface area (Å²) < 4.78 is 25.3. The Labute approximate surface area is 245 Å². The van der Waals surface area contributed by atoms with Gasteiger partial charge in [-0.15, -0.1) is 0 Å². The van der Waals surface area contributed by atoms with Gasteiger partial charge in [0.1, 0.15) is 0 Å². The van der Waals surface area contributed by atoms with Crippen LogP contribution in [-0.2, 0) is 13.6 Å². The van der Waals surface area contributed by atoms with Gasteiger partial charge in [-0.3, -0.25) is 4.57 Å². The summed E-state index contributed by atoms with van der Waals surface area (Å²) in [5.41, 5.74) is 0. The maximum absolute atomic E-state index is 13.4. The third kappa shape index (κ3) is 30.0. The molecule has 0 aromatic rings. The van der Waals surface area contributed by atoms with Gasteiger partial charge < -0.3 is 9.05 Å². The number of rotatable bonds is 32. The Kier molecular flexibility index (Phi) is 32.8. The van der Waals surface area contributed by atoms with Gasteiger partial charge in [0.25, 0.3) is 0 Å². The Morgan fingerprint density at radius 3 is 1.14 bits per heavy atom. The van der Waals surface area contributed by atoms with Crippen LogP contribution in [0.4, 0.5) is 0 Å². The van der Waals surface area contributed by atoms with Crippen molar-refractivity contribution in [3.05, 3.63) is 0 Å². The van der Waals surface area contributed by atoms with E-state index in [9.17, 15) is 4.57 Å². The summed E-state index contributed by atoms with van der Waals surface area (Å²) in [5, 5.41) is 0. The minimum Gasteiger partial charge on any atom is -0.308 e. The fourth-order valence-corrected chi connectivity index (χ4v) is 9.04. The molecule has 0 bridgehead atoms. The fraction of sp³-hybridized carbons (Fsp3) is 1.00. The van der Waals surface area contributed by atoms with Crippen LogP contribution in [-0.4, -0.2) is 53.9 Å². The van der Waals surface area contributed by atoms with Gasteiger partial charge in [-0.25, -0.2) is 0 Å². The van der Waals surface area contributed by atoms with Crippen LogP contribution in [0.15, 0.2) is 0 Å². The van der Waals surface area contributed by atoms with Crippen molar-refractivity contribution in [1.29, 1.82) is 0 Å². The highest BCUT2D eigenvalue weighted by atomic mass is 32.2. The van der Waals surface area contributed by atoms with E-state index in [4.69, 9.17) is 9.05 Å². The van der Waals surface area contributed by atoms with Crippen molar-refractivity contribution in [2.24, 2.45) is 0 Å². The zero-order chi connectivity index (χ0) is 27.1. The Balaban J connectivity index is 4.06. The molecule has 0 unspecified atom stereocenters. The predicted octanol–water partition coefficient (Wildman–Crippen LogP) is 11.5. The second kappa shape index (κ2) is 31.7. The molecule has 0 heterocycles. The Bertz CT molecular complexity index is 455. The Morgan fingerprint density at radius 2 is 0.757 bits per heavy atom. The molecule has 0 N–H and O–H groups in total. The van der Waals surface area contributed by atoms with Crippen molar-refractivity contribution >= 4 is 42.9 Å². The first-order valence-electron chi connectivity index (χ1n) is 15.8. The molecule has 0 spiro atoms. The van der Waals surface area contributed by atoms with Gasteiger partial charge in [0.2, 0.25) is 0 Å². The third-order valence-electron chi connectivity index (χ3n) is 6.47. The smallest absolute Gasteiger partial charge is 0.308 e. The molecule has 37 heavy (non-hydrogen) atoms. The SMILES string of the molecule is CCCCCCCCSCCOP(=O)(CCSCCCCCCCC)OCCSCCCCCCCC. The van der Waals surface area contributed by atoms with E-state index in [0.29, 0.717) is 19.4 Å². The topological polar surface area (TPSA) is 35.5 Å². The predicted molar refractivity (Wildman–Crippen MR) is 176 cm³/mol. The Morgan fingerprint density at radius 1 is 0.432 bits per heavy atom. The van der Waals surface area contributed by atoms with Crippen LogP contribution in [0.5, 0.6) is 0 Å². The molecule has 0 aliphatic carbocycles. The highest BCUT2D eigenvalue weighted by Crippen LogP contribution is 2.48. The van der Waals surface area contributed by atoms with Gasteiger partial charge in [0, 0.05) is 17.3 Å². The number of hydrogen-bond donors (Lipinski definition) is 0. The first-order chi connectivity index (χ1) is 18.2. The van der Waals surface area contributed by atoms with Crippen LogP contribution >= 0.6 is 42.9 Å². The fourth-order valence-electron chi connectivity index (χ4n) is 4.07. The maximum atomic E-state index is 13.4. The average molecular weight is 599 g/mol. The third-order valence-corrected chi connectivity index (χ3v) is 11.8. The molecule has 0 rings (SSSR count). The van der Waals surface area contributed by atoms with Gasteiger partial charge in [0.15, 0.2) is 0 Å². The monoisotopic (exact) mass is 598 g/mol. The van der Waals surface area contributed by atoms with Crippen LogP contribution < -0.4 is 0 Å². The van der Waals surface area contributed by atoms with E-state index in [-0.39, 0.29) is 0 Å². The standard InChI is InChI=1S/C30H63O3PS3/c1-4-7-10-13-16-19-25-35-28-22-32-34(31,24-30-37-27-21-18-15-12-9-6-3)33-23-29-36-26-20-17-14-11-8-5-2/h4-30H2,1-3H3. The van der Waals surface area contributed by atoms with Gasteiger partial charge in [-0.1, -0.05) is 117 Å². The summed E-state index contributed by atoms with van der Waals surface area (Å²) in [5.74, 6) is 6.24.